The molecular weight excluding hydrogens is 360 g/mol. The van der Waals surface area contributed by atoms with E-state index in [1.165, 1.54) is 39.0 Å². The molecule has 30 heavy (non-hydrogen) atoms. The summed E-state index contributed by atoms with van der Waals surface area (Å²) in [6, 6.07) is 32.3. The second kappa shape index (κ2) is 9.41. The van der Waals surface area contributed by atoms with Gasteiger partial charge in [-0.15, -0.1) is 6.58 Å². The third kappa shape index (κ3) is 4.60. The SMILES string of the molecule is C=C(C)CC1C=C(C(=C(c2ccccc2)c2ccccc2)c2ccccc2)C=CC1. The van der Waals surface area contributed by atoms with Gasteiger partial charge < -0.3 is 0 Å². The van der Waals surface area contributed by atoms with Gasteiger partial charge in [0.05, 0.1) is 0 Å². The van der Waals surface area contributed by atoms with Gasteiger partial charge in [-0.25, -0.2) is 0 Å². The van der Waals surface area contributed by atoms with Gasteiger partial charge in [-0.1, -0.05) is 115 Å². The minimum atomic E-state index is 0.494. The van der Waals surface area contributed by atoms with Crippen molar-refractivity contribution in [2.45, 2.75) is 19.8 Å². The molecule has 0 amide bonds. The van der Waals surface area contributed by atoms with E-state index in [2.05, 4.69) is 123 Å². The van der Waals surface area contributed by atoms with Crippen LogP contribution < -0.4 is 0 Å². The zero-order valence-corrected chi connectivity index (χ0v) is 17.6. The molecule has 0 radical (unpaired) electrons. The molecule has 3 aromatic carbocycles. The smallest absolute Gasteiger partial charge is 0.00269 e. The maximum atomic E-state index is 4.14. The average molecular weight is 389 g/mol. The van der Waals surface area contributed by atoms with Crippen LogP contribution in [0, 0.1) is 5.92 Å². The molecule has 1 aliphatic rings. The normalized spacial score (nSPS) is 15.4. The molecule has 0 spiro atoms. The van der Waals surface area contributed by atoms with Crippen LogP contribution in [0.2, 0.25) is 0 Å². The van der Waals surface area contributed by atoms with Gasteiger partial charge in [-0.05, 0) is 59.1 Å². The van der Waals surface area contributed by atoms with Crippen molar-refractivity contribution >= 4 is 11.1 Å². The second-order valence-electron chi connectivity index (χ2n) is 8.03. The third-order valence-electron chi connectivity index (χ3n) is 5.49. The Balaban J connectivity index is 1.99. The maximum Gasteiger partial charge on any atom is -0.00269 e. The van der Waals surface area contributed by atoms with Crippen LogP contribution in [0.1, 0.15) is 36.5 Å². The highest BCUT2D eigenvalue weighted by atomic mass is 14.2. The number of benzene rings is 3. The van der Waals surface area contributed by atoms with Crippen LogP contribution in [0.3, 0.4) is 0 Å². The topological polar surface area (TPSA) is 0 Å². The zero-order valence-electron chi connectivity index (χ0n) is 17.6. The van der Waals surface area contributed by atoms with Crippen LogP contribution in [-0.4, -0.2) is 0 Å². The first-order chi connectivity index (χ1) is 14.7. The van der Waals surface area contributed by atoms with Gasteiger partial charge in [0.2, 0.25) is 0 Å². The molecule has 4 rings (SSSR count). The lowest BCUT2D eigenvalue weighted by atomic mass is 9.81. The van der Waals surface area contributed by atoms with Crippen molar-refractivity contribution in [2.24, 2.45) is 5.92 Å². The molecule has 0 bridgehead atoms. The van der Waals surface area contributed by atoms with E-state index in [0.717, 1.165) is 12.8 Å². The zero-order chi connectivity index (χ0) is 20.8. The van der Waals surface area contributed by atoms with Gasteiger partial charge in [-0.2, -0.15) is 0 Å². The summed E-state index contributed by atoms with van der Waals surface area (Å²) < 4.78 is 0. The predicted molar refractivity (Wildman–Crippen MR) is 130 cm³/mol. The van der Waals surface area contributed by atoms with E-state index in [1.807, 2.05) is 0 Å². The van der Waals surface area contributed by atoms with Gasteiger partial charge >= 0.3 is 0 Å². The molecule has 1 atom stereocenters. The molecule has 0 saturated heterocycles. The van der Waals surface area contributed by atoms with E-state index in [0.29, 0.717) is 5.92 Å². The molecule has 0 fully saturated rings. The third-order valence-corrected chi connectivity index (χ3v) is 5.49. The van der Waals surface area contributed by atoms with E-state index in [9.17, 15) is 0 Å². The molecule has 0 aliphatic heterocycles. The molecule has 0 aromatic heterocycles. The Hall–Kier alpha value is -3.38. The van der Waals surface area contributed by atoms with E-state index in [4.69, 9.17) is 0 Å². The Labute approximate surface area is 180 Å². The fourth-order valence-corrected chi connectivity index (χ4v) is 4.23. The van der Waals surface area contributed by atoms with Crippen LogP contribution in [-0.2, 0) is 0 Å². The van der Waals surface area contributed by atoms with Crippen LogP contribution in [0.5, 0.6) is 0 Å². The second-order valence-corrected chi connectivity index (χ2v) is 8.03. The minimum Gasteiger partial charge on any atom is -0.100 e. The van der Waals surface area contributed by atoms with Crippen LogP contribution in [0.25, 0.3) is 11.1 Å². The summed E-state index contributed by atoms with van der Waals surface area (Å²) in [6.07, 6.45) is 9.16. The average Bonchev–Trinajstić information content (AvgIpc) is 2.79. The molecule has 148 valence electrons. The molecule has 0 N–H and O–H groups in total. The quantitative estimate of drug-likeness (QED) is 0.295. The van der Waals surface area contributed by atoms with Crippen molar-refractivity contribution in [3.05, 3.63) is 144 Å². The molecule has 1 aliphatic carbocycles. The van der Waals surface area contributed by atoms with Crippen LogP contribution in [0.4, 0.5) is 0 Å². The van der Waals surface area contributed by atoms with Crippen LogP contribution >= 0.6 is 0 Å². The number of hydrogen-bond acceptors (Lipinski definition) is 0. The van der Waals surface area contributed by atoms with Gasteiger partial charge in [0, 0.05) is 0 Å². The largest absolute Gasteiger partial charge is 0.100 e. The fraction of sp³-hybridized carbons (Fsp3) is 0.133. The van der Waals surface area contributed by atoms with Gasteiger partial charge in [0.25, 0.3) is 0 Å². The summed E-state index contributed by atoms with van der Waals surface area (Å²) >= 11 is 0. The standard InChI is InChI=1S/C30H28/c1-23(2)21-24-13-12-20-28(22-24)30(27-18-10-5-11-19-27)29(25-14-6-3-7-15-25)26-16-8-4-9-17-26/h3-12,14-20,22,24H,1,13,21H2,2H3. The van der Waals surface area contributed by atoms with Crippen LogP contribution in [0.15, 0.2) is 127 Å². The van der Waals surface area contributed by atoms with Crippen molar-refractivity contribution in [1.29, 1.82) is 0 Å². The first-order valence-electron chi connectivity index (χ1n) is 10.7. The highest BCUT2D eigenvalue weighted by Crippen LogP contribution is 2.39. The molecule has 0 saturated carbocycles. The highest BCUT2D eigenvalue weighted by Gasteiger charge is 2.19. The van der Waals surface area contributed by atoms with E-state index in [1.54, 1.807) is 0 Å². The molecule has 0 heterocycles. The first-order valence-corrected chi connectivity index (χ1v) is 10.7. The molecule has 3 aromatic rings. The first kappa shape index (κ1) is 19.9. The Bertz CT molecular complexity index is 1040. The van der Waals surface area contributed by atoms with E-state index >= 15 is 0 Å². The number of allylic oxidation sites excluding steroid dienone is 6. The highest BCUT2D eigenvalue weighted by molar-refractivity contribution is 6.05. The van der Waals surface area contributed by atoms with Crippen molar-refractivity contribution < 1.29 is 0 Å². The molecule has 0 heteroatoms. The Morgan fingerprint density at radius 1 is 0.733 bits per heavy atom. The molecule has 1 unspecified atom stereocenters. The Morgan fingerprint density at radius 3 is 1.67 bits per heavy atom. The molecule has 0 nitrogen and oxygen atoms in total. The summed E-state index contributed by atoms with van der Waals surface area (Å²) in [5.74, 6) is 0.494. The summed E-state index contributed by atoms with van der Waals surface area (Å²) in [7, 11) is 0. The Morgan fingerprint density at radius 2 is 1.20 bits per heavy atom. The Kier molecular flexibility index (Phi) is 6.25. The van der Waals surface area contributed by atoms with Crippen molar-refractivity contribution in [3.63, 3.8) is 0 Å². The molecular formula is C30H28. The lowest BCUT2D eigenvalue weighted by Crippen LogP contribution is -2.04. The van der Waals surface area contributed by atoms with Gasteiger partial charge in [0.15, 0.2) is 0 Å². The number of rotatable bonds is 6. The van der Waals surface area contributed by atoms with Crippen molar-refractivity contribution in [2.75, 3.05) is 0 Å². The summed E-state index contributed by atoms with van der Waals surface area (Å²) in [5.41, 5.74) is 8.80. The maximum absolute atomic E-state index is 4.14. The van der Waals surface area contributed by atoms with Crippen molar-refractivity contribution in [1.82, 2.24) is 0 Å². The predicted octanol–water partition coefficient (Wildman–Crippen LogP) is 8.11. The summed E-state index contributed by atoms with van der Waals surface area (Å²) in [5, 5.41) is 0. The number of hydrogen-bond donors (Lipinski definition) is 0. The van der Waals surface area contributed by atoms with Gasteiger partial charge in [-0.3, -0.25) is 0 Å². The van der Waals surface area contributed by atoms with E-state index < -0.39 is 0 Å². The lowest BCUT2D eigenvalue weighted by molar-refractivity contribution is 0.647. The lowest BCUT2D eigenvalue weighted by Gasteiger charge is -2.23. The monoisotopic (exact) mass is 388 g/mol. The fourth-order valence-electron chi connectivity index (χ4n) is 4.23. The van der Waals surface area contributed by atoms with E-state index in [-0.39, 0.29) is 0 Å². The summed E-state index contributed by atoms with van der Waals surface area (Å²) in [6.45, 7) is 6.27. The van der Waals surface area contributed by atoms with Crippen molar-refractivity contribution in [3.8, 4) is 0 Å². The minimum absolute atomic E-state index is 0.494. The summed E-state index contributed by atoms with van der Waals surface area (Å²) in [4.78, 5) is 0. The van der Waals surface area contributed by atoms with Gasteiger partial charge in [0.1, 0.15) is 0 Å².